The van der Waals surface area contributed by atoms with Gasteiger partial charge in [-0.3, -0.25) is 4.79 Å². The van der Waals surface area contributed by atoms with Gasteiger partial charge < -0.3 is 14.8 Å². The highest BCUT2D eigenvalue weighted by atomic mass is 35.5. The van der Waals surface area contributed by atoms with Crippen LogP contribution in [0.2, 0.25) is 5.02 Å². The molecule has 0 aromatic heterocycles. The van der Waals surface area contributed by atoms with Crippen LogP contribution < -0.4 is 14.8 Å². The predicted octanol–water partition coefficient (Wildman–Crippen LogP) is 4.40. The van der Waals surface area contributed by atoms with Crippen molar-refractivity contribution in [1.29, 1.82) is 0 Å². The first-order valence-corrected chi connectivity index (χ1v) is 7.39. The molecule has 2 rings (SSSR count). The smallest absolute Gasteiger partial charge is 0.251 e. The fourth-order valence-corrected chi connectivity index (χ4v) is 2.27. The molecule has 0 fully saturated rings. The van der Waals surface area contributed by atoms with E-state index in [2.05, 4.69) is 5.32 Å². The zero-order valence-electron chi connectivity index (χ0n) is 13.2. The lowest BCUT2D eigenvalue weighted by molar-refractivity contribution is -0.112. The van der Waals surface area contributed by atoms with Gasteiger partial charge in [-0.1, -0.05) is 41.9 Å². The molecule has 0 saturated carbocycles. The number of methoxy groups -OCH3 is 2. The Morgan fingerprint density at radius 2 is 1.74 bits per heavy atom. The van der Waals surface area contributed by atoms with E-state index in [1.165, 1.54) is 14.2 Å². The molecule has 0 radical (unpaired) electrons. The van der Waals surface area contributed by atoms with Crippen molar-refractivity contribution in [2.45, 2.75) is 6.92 Å². The molecule has 0 unspecified atom stereocenters. The van der Waals surface area contributed by atoms with Crippen LogP contribution in [0.5, 0.6) is 11.5 Å². The van der Waals surface area contributed by atoms with Crippen molar-refractivity contribution in [3.05, 3.63) is 58.6 Å². The quantitative estimate of drug-likeness (QED) is 0.826. The van der Waals surface area contributed by atoms with E-state index in [1.54, 1.807) is 19.1 Å². The SMILES string of the molecule is COc1cc(NC(=O)/C(C)=C\c2ccccc2)c(OC)cc1Cl. The Labute approximate surface area is 140 Å². The summed E-state index contributed by atoms with van der Waals surface area (Å²) in [7, 11) is 3.03. The Kier molecular flexibility index (Phi) is 5.66. The lowest BCUT2D eigenvalue weighted by Crippen LogP contribution is -2.13. The normalized spacial score (nSPS) is 11.0. The van der Waals surface area contributed by atoms with Gasteiger partial charge in [-0.15, -0.1) is 0 Å². The molecule has 0 atom stereocenters. The zero-order chi connectivity index (χ0) is 16.8. The lowest BCUT2D eigenvalue weighted by Gasteiger charge is -2.13. The number of carbonyl (C=O) groups excluding carboxylic acids is 1. The number of amides is 1. The van der Waals surface area contributed by atoms with E-state index in [0.717, 1.165) is 5.56 Å². The van der Waals surface area contributed by atoms with E-state index in [4.69, 9.17) is 21.1 Å². The Morgan fingerprint density at radius 1 is 1.09 bits per heavy atom. The second-order valence-electron chi connectivity index (χ2n) is 4.88. The van der Waals surface area contributed by atoms with Crippen molar-refractivity contribution in [1.82, 2.24) is 0 Å². The highest BCUT2D eigenvalue weighted by Gasteiger charge is 2.13. The Morgan fingerprint density at radius 3 is 2.35 bits per heavy atom. The molecule has 0 aliphatic rings. The van der Waals surface area contributed by atoms with Crippen molar-refractivity contribution in [3.8, 4) is 11.5 Å². The molecule has 120 valence electrons. The van der Waals surface area contributed by atoms with Crippen LogP contribution in [0.25, 0.3) is 6.08 Å². The van der Waals surface area contributed by atoms with Crippen molar-refractivity contribution in [2.24, 2.45) is 0 Å². The van der Waals surface area contributed by atoms with Crippen molar-refractivity contribution >= 4 is 29.3 Å². The van der Waals surface area contributed by atoms with E-state index >= 15 is 0 Å². The fraction of sp³-hybridized carbons (Fsp3) is 0.167. The monoisotopic (exact) mass is 331 g/mol. The first-order valence-electron chi connectivity index (χ1n) is 7.01. The van der Waals surface area contributed by atoms with Crippen LogP contribution >= 0.6 is 11.6 Å². The van der Waals surface area contributed by atoms with Gasteiger partial charge in [0.15, 0.2) is 0 Å². The average Bonchev–Trinajstić information content (AvgIpc) is 2.56. The van der Waals surface area contributed by atoms with Crippen LogP contribution in [0.4, 0.5) is 5.69 Å². The summed E-state index contributed by atoms with van der Waals surface area (Å²) in [6.07, 6.45) is 1.81. The Bertz CT molecular complexity index is 727. The number of nitrogens with one attached hydrogen (secondary N) is 1. The highest BCUT2D eigenvalue weighted by molar-refractivity contribution is 6.32. The molecule has 5 heteroatoms. The van der Waals surface area contributed by atoms with E-state index in [1.807, 2.05) is 36.4 Å². The molecule has 0 spiro atoms. The molecule has 0 heterocycles. The Balaban J connectivity index is 2.24. The highest BCUT2D eigenvalue weighted by Crippen LogP contribution is 2.36. The largest absolute Gasteiger partial charge is 0.495 e. The molecular formula is C18H18ClNO3. The Hall–Kier alpha value is -2.46. The predicted molar refractivity (Wildman–Crippen MR) is 93.3 cm³/mol. The van der Waals surface area contributed by atoms with E-state index in [-0.39, 0.29) is 5.91 Å². The van der Waals surface area contributed by atoms with Crippen LogP contribution in [-0.4, -0.2) is 20.1 Å². The second-order valence-corrected chi connectivity index (χ2v) is 5.29. The standard InChI is InChI=1S/C18H18ClNO3/c1-12(9-13-7-5-4-6-8-13)18(21)20-15-11-16(22-2)14(19)10-17(15)23-3/h4-11H,1-3H3,(H,20,21)/b12-9-. The van der Waals surface area contributed by atoms with Gasteiger partial charge in [0, 0.05) is 17.7 Å². The van der Waals surface area contributed by atoms with Gasteiger partial charge in [0.25, 0.3) is 5.91 Å². The van der Waals surface area contributed by atoms with Crippen LogP contribution in [0, 0.1) is 0 Å². The molecule has 1 N–H and O–H groups in total. The maximum atomic E-state index is 12.4. The molecule has 0 aliphatic carbocycles. The van der Waals surface area contributed by atoms with Crippen molar-refractivity contribution in [2.75, 3.05) is 19.5 Å². The van der Waals surface area contributed by atoms with Gasteiger partial charge in [0.05, 0.1) is 24.9 Å². The number of benzene rings is 2. The molecule has 23 heavy (non-hydrogen) atoms. The number of ether oxygens (including phenoxy) is 2. The second kappa shape index (κ2) is 7.70. The first kappa shape index (κ1) is 16.9. The minimum absolute atomic E-state index is 0.225. The van der Waals surface area contributed by atoms with Crippen LogP contribution in [0.1, 0.15) is 12.5 Å². The van der Waals surface area contributed by atoms with Crippen molar-refractivity contribution < 1.29 is 14.3 Å². The fourth-order valence-electron chi connectivity index (χ4n) is 2.04. The summed E-state index contributed by atoms with van der Waals surface area (Å²) in [5, 5.41) is 3.23. The molecule has 1 amide bonds. The van der Waals surface area contributed by atoms with E-state index < -0.39 is 0 Å². The van der Waals surface area contributed by atoms with Crippen LogP contribution in [-0.2, 0) is 4.79 Å². The maximum absolute atomic E-state index is 12.4. The van der Waals surface area contributed by atoms with Crippen LogP contribution in [0.3, 0.4) is 0 Å². The summed E-state index contributed by atoms with van der Waals surface area (Å²) in [5.41, 5.74) is 2.03. The molecule has 2 aromatic rings. The molecule has 0 aliphatic heterocycles. The topological polar surface area (TPSA) is 47.6 Å². The summed E-state index contributed by atoms with van der Waals surface area (Å²) in [6.45, 7) is 1.75. The number of hydrogen-bond donors (Lipinski definition) is 1. The minimum atomic E-state index is -0.225. The average molecular weight is 332 g/mol. The summed E-state index contributed by atoms with van der Waals surface area (Å²) in [6, 6.07) is 12.9. The van der Waals surface area contributed by atoms with Crippen LogP contribution in [0.15, 0.2) is 48.0 Å². The third-order valence-electron chi connectivity index (χ3n) is 3.26. The summed E-state index contributed by atoms with van der Waals surface area (Å²) >= 11 is 6.06. The molecule has 0 saturated heterocycles. The van der Waals surface area contributed by atoms with Gasteiger partial charge in [-0.2, -0.15) is 0 Å². The lowest BCUT2D eigenvalue weighted by atomic mass is 10.1. The summed E-state index contributed by atoms with van der Waals surface area (Å²) < 4.78 is 10.4. The number of halogens is 1. The number of hydrogen-bond acceptors (Lipinski definition) is 3. The van der Waals surface area contributed by atoms with E-state index in [9.17, 15) is 4.79 Å². The molecule has 2 aromatic carbocycles. The number of rotatable bonds is 5. The van der Waals surface area contributed by atoms with Gasteiger partial charge >= 0.3 is 0 Å². The molecule has 4 nitrogen and oxygen atoms in total. The van der Waals surface area contributed by atoms with Gasteiger partial charge in [0.1, 0.15) is 11.5 Å². The van der Waals surface area contributed by atoms with Gasteiger partial charge in [-0.25, -0.2) is 0 Å². The maximum Gasteiger partial charge on any atom is 0.251 e. The molecular weight excluding hydrogens is 314 g/mol. The summed E-state index contributed by atoms with van der Waals surface area (Å²) in [4.78, 5) is 12.4. The van der Waals surface area contributed by atoms with E-state index in [0.29, 0.717) is 27.8 Å². The van der Waals surface area contributed by atoms with Gasteiger partial charge in [0.2, 0.25) is 0 Å². The first-order chi connectivity index (χ1) is 11.0. The minimum Gasteiger partial charge on any atom is -0.495 e. The summed E-state index contributed by atoms with van der Waals surface area (Å²) in [5.74, 6) is 0.709. The third-order valence-corrected chi connectivity index (χ3v) is 3.56. The zero-order valence-corrected chi connectivity index (χ0v) is 14.0. The molecule has 0 bridgehead atoms. The number of anilines is 1. The van der Waals surface area contributed by atoms with Crippen molar-refractivity contribution in [3.63, 3.8) is 0 Å². The van der Waals surface area contributed by atoms with Gasteiger partial charge in [-0.05, 0) is 18.6 Å². The third kappa shape index (κ3) is 4.27. The number of carbonyl (C=O) groups is 1.